The number of carbonyl (C=O) groups excluding carboxylic acids is 1. The van der Waals surface area contributed by atoms with Crippen LogP contribution in [0, 0.1) is 11.8 Å². The van der Waals surface area contributed by atoms with Crippen molar-refractivity contribution in [2.24, 2.45) is 16.8 Å². The summed E-state index contributed by atoms with van der Waals surface area (Å²) in [5.41, 5.74) is 7.36. The van der Waals surface area contributed by atoms with Gasteiger partial charge in [-0.2, -0.15) is 0 Å². The Morgan fingerprint density at radius 3 is 2.83 bits per heavy atom. The minimum absolute atomic E-state index is 0.119. The molecule has 1 heterocycles. The highest BCUT2D eigenvalue weighted by Crippen LogP contribution is 2.40. The minimum Gasteiger partial charge on any atom is -0.469 e. The number of ether oxygens (including phenoxy) is 3. The molecular weight excluding hydrogens is 462 g/mol. The Morgan fingerprint density at radius 2 is 2.14 bits per heavy atom. The number of aliphatic imine (C=N–C) groups is 1. The van der Waals surface area contributed by atoms with Crippen LogP contribution in [-0.2, 0) is 19.0 Å². The molecule has 0 bridgehead atoms. The first kappa shape index (κ1) is 26.7. The van der Waals surface area contributed by atoms with Crippen molar-refractivity contribution in [2.45, 2.75) is 46.0 Å². The smallest absolute Gasteiger partial charge is 0.309 e. The summed E-state index contributed by atoms with van der Waals surface area (Å²) in [7, 11) is 1.45. The molecule has 1 saturated carbocycles. The van der Waals surface area contributed by atoms with Crippen LogP contribution >= 0.6 is 11.6 Å². The van der Waals surface area contributed by atoms with Gasteiger partial charge in [0.15, 0.2) is 0 Å². The Bertz CT molecular complexity index is 1080. The Labute approximate surface area is 213 Å². The fourth-order valence-electron chi connectivity index (χ4n) is 4.57. The number of allylic oxidation sites excluding steroid dienone is 4. The summed E-state index contributed by atoms with van der Waals surface area (Å²) in [5, 5.41) is 0.478. The summed E-state index contributed by atoms with van der Waals surface area (Å²) in [6, 6.07) is 9.84. The van der Waals surface area contributed by atoms with Crippen LogP contribution in [0.5, 0.6) is 0 Å². The zero-order valence-corrected chi connectivity index (χ0v) is 21.6. The molecule has 1 aliphatic heterocycles. The molecule has 2 aliphatic rings. The lowest BCUT2D eigenvalue weighted by atomic mass is 9.73. The number of hydrogen-bond acceptors (Lipinski definition) is 5. The van der Waals surface area contributed by atoms with Crippen LogP contribution in [-0.4, -0.2) is 32.2 Å². The predicted octanol–water partition coefficient (Wildman–Crippen LogP) is 6.86. The number of hydrogen-bond donors (Lipinski definition) is 0. The largest absolute Gasteiger partial charge is 0.469 e. The third kappa shape index (κ3) is 7.83. The lowest BCUT2D eigenvalue weighted by Crippen LogP contribution is -2.28. The third-order valence-electron chi connectivity index (χ3n) is 6.26. The van der Waals surface area contributed by atoms with Crippen LogP contribution in [0.15, 0.2) is 87.4 Å². The van der Waals surface area contributed by atoms with Gasteiger partial charge in [0, 0.05) is 23.9 Å². The van der Waals surface area contributed by atoms with Crippen molar-refractivity contribution in [2.75, 3.05) is 20.3 Å². The van der Waals surface area contributed by atoms with Gasteiger partial charge in [0.25, 0.3) is 0 Å². The highest BCUT2D eigenvalue weighted by atomic mass is 35.5. The van der Waals surface area contributed by atoms with Gasteiger partial charge in [0.05, 0.1) is 31.9 Å². The van der Waals surface area contributed by atoms with E-state index >= 15 is 0 Å². The summed E-state index contributed by atoms with van der Waals surface area (Å²) in [6.45, 7) is 8.77. The Morgan fingerprint density at radius 1 is 1.37 bits per heavy atom. The second-order valence-electron chi connectivity index (χ2n) is 8.73. The van der Waals surface area contributed by atoms with Crippen LogP contribution in [0.1, 0.15) is 51.5 Å². The molecule has 2 unspecified atom stereocenters. The molecule has 0 radical (unpaired) electrons. The molecule has 1 fully saturated rings. The molecule has 0 N–H and O–H groups in total. The predicted molar refractivity (Wildman–Crippen MR) is 140 cm³/mol. The number of rotatable bonds is 10. The van der Waals surface area contributed by atoms with Gasteiger partial charge in [0.2, 0.25) is 5.90 Å². The van der Waals surface area contributed by atoms with Gasteiger partial charge in [0.1, 0.15) is 5.76 Å². The zero-order chi connectivity index (χ0) is 25.2. The van der Waals surface area contributed by atoms with E-state index in [-0.39, 0.29) is 17.8 Å². The Hall–Kier alpha value is -2.85. The van der Waals surface area contributed by atoms with E-state index in [0.29, 0.717) is 36.3 Å². The number of methoxy groups -OCH3 is 1. The maximum absolute atomic E-state index is 12.3. The van der Waals surface area contributed by atoms with E-state index in [2.05, 4.69) is 23.4 Å². The summed E-state index contributed by atoms with van der Waals surface area (Å²) >= 11 is 6.10. The van der Waals surface area contributed by atoms with E-state index in [1.165, 1.54) is 12.7 Å². The van der Waals surface area contributed by atoms with E-state index in [9.17, 15) is 4.79 Å². The molecule has 1 aromatic carbocycles. The highest BCUT2D eigenvalue weighted by molar-refractivity contribution is 6.30. The minimum atomic E-state index is -0.163. The van der Waals surface area contributed by atoms with Gasteiger partial charge >= 0.3 is 5.97 Å². The topological polar surface area (TPSA) is 57.1 Å². The van der Waals surface area contributed by atoms with Crippen molar-refractivity contribution in [3.05, 3.63) is 88.0 Å². The number of benzene rings is 1. The average molecular weight is 496 g/mol. The Kier molecular flexibility index (Phi) is 10.2. The van der Waals surface area contributed by atoms with Crippen LogP contribution in [0.2, 0.25) is 0 Å². The van der Waals surface area contributed by atoms with E-state index in [0.717, 1.165) is 42.5 Å². The molecule has 0 spiro atoms. The normalized spacial score (nSPS) is 21.0. The van der Waals surface area contributed by atoms with E-state index in [1.54, 1.807) is 0 Å². The lowest BCUT2D eigenvalue weighted by molar-refractivity contribution is -0.147. The number of halogens is 1. The molecule has 186 valence electrons. The van der Waals surface area contributed by atoms with Gasteiger partial charge in [-0.1, -0.05) is 66.3 Å². The van der Waals surface area contributed by atoms with E-state index in [4.69, 9.17) is 25.8 Å². The molecule has 0 amide bonds. The van der Waals surface area contributed by atoms with Gasteiger partial charge in [-0.3, -0.25) is 4.79 Å². The van der Waals surface area contributed by atoms with Gasteiger partial charge in [-0.15, -0.1) is 0 Å². The monoisotopic (exact) mass is 495 g/mol. The fraction of sp³-hybridized carbons (Fsp3) is 0.414. The summed E-state index contributed by atoms with van der Waals surface area (Å²) in [4.78, 5) is 16.9. The second-order valence-corrected chi connectivity index (χ2v) is 9.21. The first-order valence-corrected chi connectivity index (χ1v) is 12.5. The number of nitrogens with zero attached hydrogens (tertiary/aromatic N) is 1. The molecule has 3 rings (SSSR count). The molecule has 0 aromatic heterocycles. The first-order valence-electron chi connectivity index (χ1n) is 12.1. The van der Waals surface area contributed by atoms with Crippen LogP contribution in [0.25, 0.3) is 0 Å². The molecular formula is C29H34ClNO4. The van der Waals surface area contributed by atoms with Crippen molar-refractivity contribution < 1.29 is 19.0 Å². The SMILES string of the molecule is C=C(Cl)/C=C1\C/C(=C\COCCC2=C=C(C)OC(c3ccccc3)=N2)CCC1C(CC)C(=O)OC. The fourth-order valence-corrected chi connectivity index (χ4v) is 4.71. The highest BCUT2D eigenvalue weighted by Gasteiger charge is 2.33. The quantitative estimate of drug-likeness (QED) is 0.154. The first-order chi connectivity index (χ1) is 16.9. The molecule has 2 atom stereocenters. The molecule has 0 saturated heterocycles. The maximum Gasteiger partial charge on any atom is 0.309 e. The molecule has 6 heteroatoms. The van der Waals surface area contributed by atoms with E-state index < -0.39 is 0 Å². The summed E-state index contributed by atoms with van der Waals surface area (Å²) in [6.07, 6.45) is 7.98. The van der Waals surface area contributed by atoms with Crippen molar-refractivity contribution in [3.63, 3.8) is 0 Å². The zero-order valence-electron chi connectivity index (χ0n) is 20.8. The average Bonchev–Trinajstić information content (AvgIpc) is 2.85. The molecule has 35 heavy (non-hydrogen) atoms. The summed E-state index contributed by atoms with van der Waals surface area (Å²) < 4.78 is 16.7. The molecule has 1 aliphatic carbocycles. The second kappa shape index (κ2) is 13.3. The maximum atomic E-state index is 12.3. The molecule has 1 aromatic rings. The van der Waals surface area contributed by atoms with Gasteiger partial charge in [-0.05, 0) is 49.8 Å². The summed E-state index contributed by atoms with van der Waals surface area (Å²) in [5.74, 6) is 1.08. The van der Waals surface area contributed by atoms with Crippen molar-refractivity contribution in [1.29, 1.82) is 0 Å². The van der Waals surface area contributed by atoms with Crippen LogP contribution < -0.4 is 0 Å². The Balaban J connectivity index is 1.55. The van der Waals surface area contributed by atoms with Gasteiger partial charge < -0.3 is 14.2 Å². The number of carbonyl (C=O) groups is 1. The van der Waals surface area contributed by atoms with Crippen molar-refractivity contribution in [1.82, 2.24) is 0 Å². The van der Waals surface area contributed by atoms with Crippen LogP contribution in [0.3, 0.4) is 0 Å². The van der Waals surface area contributed by atoms with Crippen LogP contribution in [0.4, 0.5) is 0 Å². The van der Waals surface area contributed by atoms with E-state index in [1.807, 2.05) is 50.3 Å². The third-order valence-corrected chi connectivity index (χ3v) is 6.36. The number of esters is 1. The standard InChI is InChI=1S/C29H34ClNO4/c1-5-26(29(32)33-4)27-12-11-22(19-24(27)17-20(2)30)13-15-34-16-14-25-18-21(3)35-28(31-25)23-9-7-6-8-10-23/h6-10,13,17,26-27H,2,5,11-12,14-16,19H2,1,3-4H3/b22-13-,24-17+. The van der Waals surface area contributed by atoms with Gasteiger partial charge in [-0.25, -0.2) is 4.99 Å². The van der Waals surface area contributed by atoms with Crippen molar-refractivity contribution >= 4 is 23.5 Å². The lowest BCUT2D eigenvalue weighted by Gasteiger charge is -2.32. The molecule has 5 nitrogen and oxygen atoms in total. The van der Waals surface area contributed by atoms with Crippen molar-refractivity contribution in [3.8, 4) is 0 Å².